The summed E-state index contributed by atoms with van der Waals surface area (Å²) in [7, 11) is 0. The van der Waals surface area contributed by atoms with Crippen LogP contribution in [0.1, 0.15) is 76.7 Å². The lowest BCUT2D eigenvalue weighted by Crippen LogP contribution is -2.00. The summed E-state index contributed by atoms with van der Waals surface area (Å²) in [6.45, 7) is 2.26. The molecule has 2 nitrogen and oxygen atoms in total. The van der Waals surface area contributed by atoms with Crippen LogP contribution in [0.3, 0.4) is 0 Å². The van der Waals surface area contributed by atoms with Crippen LogP contribution < -0.4 is 0 Å². The Morgan fingerprint density at radius 3 is 1.95 bits per heavy atom. The standard InChI is InChI=1S/C18H29NO/c1-2-3-4-5-6-7-8-9-13-16-18(19-20)17-14-11-10-12-15-17/h10-12,14-15,20H,2-9,13,16H2,1H3/b19-18+. The van der Waals surface area contributed by atoms with E-state index in [1.54, 1.807) is 0 Å². The van der Waals surface area contributed by atoms with E-state index in [4.69, 9.17) is 5.21 Å². The molecule has 0 amide bonds. The van der Waals surface area contributed by atoms with Gasteiger partial charge in [-0.05, 0) is 18.4 Å². The molecule has 0 bridgehead atoms. The summed E-state index contributed by atoms with van der Waals surface area (Å²) in [4.78, 5) is 0. The lowest BCUT2D eigenvalue weighted by atomic mass is 10.0. The summed E-state index contributed by atoms with van der Waals surface area (Å²) in [5.41, 5.74) is 1.85. The van der Waals surface area contributed by atoms with Crippen LogP contribution in [0.5, 0.6) is 0 Å². The minimum atomic E-state index is 0.813. The lowest BCUT2D eigenvalue weighted by Gasteiger charge is -2.05. The predicted molar refractivity (Wildman–Crippen MR) is 86.6 cm³/mol. The molecule has 2 heteroatoms. The fourth-order valence-corrected chi connectivity index (χ4v) is 2.49. The van der Waals surface area contributed by atoms with Gasteiger partial charge in [0.2, 0.25) is 0 Å². The second-order valence-corrected chi connectivity index (χ2v) is 5.49. The van der Waals surface area contributed by atoms with Crippen molar-refractivity contribution in [2.75, 3.05) is 0 Å². The van der Waals surface area contributed by atoms with Crippen molar-refractivity contribution in [3.63, 3.8) is 0 Å². The molecule has 1 aromatic carbocycles. The first-order valence-corrected chi connectivity index (χ1v) is 8.14. The van der Waals surface area contributed by atoms with Crippen molar-refractivity contribution >= 4 is 5.71 Å². The summed E-state index contributed by atoms with van der Waals surface area (Å²) in [5.74, 6) is 0. The van der Waals surface area contributed by atoms with Crippen LogP contribution in [-0.2, 0) is 0 Å². The van der Waals surface area contributed by atoms with Crippen LogP contribution in [0.4, 0.5) is 0 Å². The minimum Gasteiger partial charge on any atom is -0.411 e. The van der Waals surface area contributed by atoms with E-state index in [0.29, 0.717) is 0 Å². The normalized spacial score (nSPS) is 11.8. The van der Waals surface area contributed by atoms with Crippen LogP contribution in [0.15, 0.2) is 35.5 Å². The van der Waals surface area contributed by atoms with Crippen LogP contribution in [-0.4, -0.2) is 10.9 Å². The van der Waals surface area contributed by atoms with Gasteiger partial charge in [0, 0.05) is 0 Å². The van der Waals surface area contributed by atoms with Gasteiger partial charge in [-0.2, -0.15) is 0 Å². The zero-order chi connectivity index (χ0) is 14.5. The van der Waals surface area contributed by atoms with E-state index in [-0.39, 0.29) is 0 Å². The monoisotopic (exact) mass is 275 g/mol. The number of hydrogen-bond donors (Lipinski definition) is 1. The molecule has 0 aliphatic rings. The topological polar surface area (TPSA) is 32.6 Å². The van der Waals surface area contributed by atoms with Crippen molar-refractivity contribution in [2.45, 2.75) is 71.1 Å². The van der Waals surface area contributed by atoms with E-state index in [0.717, 1.165) is 24.1 Å². The Morgan fingerprint density at radius 1 is 0.850 bits per heavy atom. The Balaban J connectivity index is 2.06. The molecule has 0 aromatic heterocycles. The summed E-state index contributed by atoms with van der Waals surface area (Å²) in [6, 6.07) is 9.95. The van der Waals surface area contributed by atoms with E-state index in [9.17, 15) is 0 Å². The van der Waals surface area contributed by atoms with E-state index in [2.05, 4.69) is 12.1 Å². The molecule has 0 fully saturated rings. The average Bonchev–Trinajstić information content (AvgIpc) is 2.50. The summed E-state index contributed by atoms with van der Waals surface area (Å²) in [5, 5.41) is 12.5. The van der Waals surface area contributed by atoms with Gasteiger partial charge in [-0.3, -0.25) is 0 Å². The van der Waals surface area contributed by atoms with Crippen LogP contribution in [0.25, 0.3) is 0 Å². The summed E-state index contributed by atoms with van der Waals surface area (Å²) >= 11 is 0. The quantitative estimate of drug-likeness (QED) is 0.236. The Morgan fingerprint density at radius 2 is 1.40 bits per heavy atom. The van der Waals surface area contributed by atoms with Gasteiger partial charge >= 0.3 is 0 Å². The molecule has 0 heterocycles. The number of hydrogen-bond acceptors (Lipinski definition) is 2. The number of oxime groups is 1. The number of rotatable bonds is 11. The second kappa shape index (κ2) is 11.5. The SMILES string of the molecule is CCCCCCCCCCC/C(=N\O)c1ccccc1. The smallest absolute Gasteiger partial charge is 0.0867 e. The zero-order valence-electron chi connectivity index (χ0n) is 12.9. The first-order chi connectivity index (χ1) is 9.88. The Bertz CT molecular complexity index is 359. The maximum absolute atomic E-state index is 9.09. The molecule has 112 valence electrons. The third-order valence-corrected chi connectivity index (χ3v) is 3.74. The fourth-order valence-electron chi connectivity index (χ4n) is 2.49. The average molecular weight is 275 g/mol. The minimum absolute atomic E-state index is 0.813. The summed E-state index contributed by atoms with van der Waals surface area (Å²) < 4.78 is 0. The Kier molecular flexibility index (Phi) is 9.64. The van der Waals surface area contributed by atoms with Gasteiger partial charge in [-0.15, -0.1) is 0 Å². The number of unbranched alkanes of at least 4 members (excludes halogenated alkanes) is 8. The van der Waals surface area contributed by atoms with Gasteiger partial charge in [0.15, 0.2) is 0 Å². The van der Waals surface area contributed by atoms with Crippen LogP contribution >= 0.6 is 0 Å². The largest absolute Gasteiger partial charge is 0.411 e. The maximum atomic E-state index is 9.09. The van der Waals surface area contributed by atoms with Gasteiger partial charge in [-0.1, -0.05) is 93.8 Å². The van der Waals surface area contributed by atoms with Crippen molar-refractivity contribution < 1.29 is 5.21 Å². The molecule has 0 aliphatic heterocycles. The van der Waals surface area contributed by atoms with Gasteiger partial charge in [-0.25, -0.2) is 0 Å². The Hall–Kier alpha value is -1.31. The molecule has 20 heavy (non-hydrogen) atoms. The molecule has 1 rings (SSSR count). The first kappa shape index (κ1) is 16.7. The molecular weight excluding hydrogens is 246 g/mol. The van der Waals surface area contributed by atoms with Crippen molar-refractivity contribution in [3.05, 3.63) is 35.9 Å². The predicted octanol–water partition coefficient (Wildman–Crippen LogP) is 5.79. The molecule has 1 N–H and O–H groups in total. The molecule has 0 saturated carbocycles. The molecule has 0 radical (unpaired) electrons. The third kappa shape index (κ3) is 7.32. The zero-order valence-corrected chi connectivity index (χ0v) is 12.9. The van der Waals surface area contributed by atoms with Crippen molar-refractivity contribution in [2.24, 2.45) is 5.16 Å². The molecule has 0 unspecified atom stereocenters. The molecule has 0 aliphatic carbocycles. The first-order valence-electron chi connectivity index (χ1n) is 8.14. The van der Waals surface area contributed by atoms with E-state index in [1.165, 1.54) is 51.4 Å². The number of nitrogens with zero attached hydrogens (tertiary/aromatic N) is 1. The molecule has 1 aromatic rings. The van der Waals surface area contributed by atoms with Gasteiger partial charge in [0.1, 0.15) is 0 Å². The maximum Gasteiger partial charge on any atom is 0.0867 e. The number of benzene rings is 1. The lowest BCUT2D eigenvalue weighted by molar-refractivity contribution is 0.317. The van der Waals surface area contributed by atoms with E-state index >= 15 is 0 Å². The summed E-state index contributed by atoms with van der Waals surface area (Å²) in [6.07, 6.45) is 12.7. The molecule has 0 atom stereocenters. The molecule has 0 saturated heterocycles. The van der Waals surface area contributed by atoms with E-state index in [1.807, 2.05) is 30.3 Å². The molecular formula is C18H29NO. The fraction of sp³-hybridized carbons (Fsp3) is 0.611. The van der Waals surface area contributed by atoms with E-state index < -0.39 is 0 Å². The van der Waals surface area contributed by atoms with Crippen molar-refractivity contribution in [1.29, 1.82) is 0 Å². The highest BCUT2D eigenvalue weighted by Gasteiger charge is 2.03. The van der Waals surface area contributed by atoms with Crippen molar-refractivity contribution in [1.82, 2.24) is 0 Å². The second-order valence-electron chi connectivity index (χ2n) is 5.49. The Labute approximate surface area is 123 Å². The molecule has 0 spiro atoms. The van der Waals surface area contributed by atoms with Crippen molar-refractivity contribution in [3.8, 4) is 0 Å². The van der Waals surface area contributed by atoms with Crippen LogP contribution in [0.2, 0.25) is 0 Å². The highest BCUT2D eigenvalue weighted by atomic mass is 16.4. The highest BCUT2D eigenvalue weighted by Crippen LogP contribution is 2.13. The highest BCUT2D eigenvalue weighted by molar-refractivity contribution is 6.00. The third-order valence-electron chi connectivity index (χ3n) is 3.74. The van der Waals surface area contributed by atoms with Crippen LogP contribution in [0, 0.1) is 0 Å². The van der Waals surface area contributed by atoms with Gasteiger partial charge in [0.05, 0.1) is 5.71 Å². The van der Waals surface area contributed by atoms with Gasteiger partial charge in [0.25, 0.3) is 0 Å². The van der Waals surface area contributed by atoms with Gasteiger partial charge < -0.3 is 5.21 Å².